The van der Waals surface area contributed by atoms with Crippen LogP contribution in [0.4, 0.5) is 30.8 Å². The number of halogens is 3. The molecule has 2 aromatic carbocycles. The van der Waals surface area contributed by atoms with E-state index in [-0.39, 0.29) is 12.5 Å². The van der Waals surface area contributed by atoms with Gasteiger partial charge in [0.1, 0.15) is 0 Å². The summed E-state index contributed by atoms with van der Waals surface area (Å²) < 4.78 is 39.9. The van der Waals surface area contributed by atoms with Gasteiger partial charge >= 0.3 is 6.18 Å². The van der Waals surface area contributed by atoms with E-state index >= 15 is 0 Å². The number of alkyl halides is 3. The molecule has 0 radical (unpaired) electrons. The summed E-state index contributed by atoms with van der Waals surface area (Å²) >= 11 is 0. The minimum Gasteiger partial charge on any atom is -0.366 e. The highest BCUT2D eigenvalue weighted by atomic mass is 19.4. The van der Waals surface area contributed by atoms with Gasteiger partial charge in [0.15, 0.2) is 0 Å². The molecule has 24 heavy (non-hydrogen) atoms. The van der Waals surface area contributed by atoms with Crippen LogP contribution in [0.15, 0.2) is 54.6 Å². The van der Waals surface area contributed by atoms with Gasteiger partial charge in [-0.2, -0.15) is 18.2 Å². The molecule has 3 aromatic rings. The Balaban J connectivity index is 1.86. The Morgan fingerprint density at radius 2 is 1.79 bits per heavy atom. The number of nitrogens with two attached hydrogens (primary N) is 1. The Hall–Kier alpha value is -3.03. The summed E-state index contributed by atoms with van der Waals surface area (Å²) in [6, 6.07) is 14.3. The van der Waals surface area contributed by atoms with Crippen LogP contribution in [0.5, 0.6) is 0 Å². The van der Waals surface area contributed by atoms with Gasteiger partial charge in [-0.25, -0.2) is 4.68 Å². The molecule has 0 aliphatic rings. The zero-order chi connectivity index (χ0) is 17.2. The number of aromatic nitrogens is 3. The normalized spacial score (nSPS) is 11.5. The molecule has 8 heteroatoms. The van der Waals surface area contributed by atoms with Gasteiger partial charge in [0.2, 0.25) is 11.9 Å². The van der Waals surface area contributed by atoms with Crippen molar-refractivity contribution in [3.63, 3.8) is 0 Å². The first-order chi connectivity index (χ1) is 11.4. The van der Waals surface area contributed by atoms with Gasteiger partial charge < -0.3 is 11.1 Å². The third-order valence-corrected chi connectivity index (χ3v) is 3.30. The van der Waals surface area contributed by atoms with Crippen molar-refractivity contribution in [3.05, 3.63) is 65.7 Å². The number of nitrogens with zero attached hydrogens (tertiary/aromatic N) is 3. The number of hydrogen-bond acceptors (Lipinski definition) is 4. The smallest absolute Gasteiger partial charge is 0.366 e. The van der Waals surface area contributed by atoms with Gasteiger partial charge in [-0.1, -0.05) is 30.3 Å². The average molecular weight is 333 g/mol. The van der Waals surface area contributed by atoms with Gasteiger partial charge in [-0.3, -0.25) is 0 Å². The molecular weight excluding hydrogens is 319 g/mol. The predicted octanol–water partition coefficient (Wildman–Crippen LogP) is 3.67. The number of nitrogen functional groups attached to an aromatic ring is 1. The lowest BCUT2D eigenvalue weighted by Crippen LogP contribution is -2.09. The fourth-order valence-corrected chi connectivity index (χ4v) is 2.23. The molecular formula is C16H14F3N5. The third-order valence-electron chi connectivity index (χ3n) is 3.30. The second-order valence-corrected chi connectivity index (χ2v) is 5.14. The molecule has 1 aromatic heterocycles. The topological polar surface area (TPSA) is 68.8 Å². The second kappa shape index (κ2) is 6.23. The molecule has 0 unspecified atom stereocenters. The first-order valence-electron chi connectivity index (χ1n) is 7.10. The number of benzene rings is 2. The first-order valence-corrected chi connectivity index (χ1v) is 7.10. The van der Waals surface area contributed by atoms with Crippen molar-refractivity contribution < 1.29 is 13.2 Å². The van der Waals surface area contributed by atoms with Crippen LogP contribution in [-0.2, 0) is 12.7 Å². The summed E-state index contributed by atoms with van der Waals surface area (Å²) in [6.45, 7) is 0.114. The Bertz CT molecular complexity index is 827. The summed E-state index contributed by atoms with van der Waals surface area (Å²) in [4.78, 5) is 4.07. The van der Waals surface area contributed by atoms with Gasteiger partial charge in [0, 0.05) is 5.69 Å². The first kappa shape index (κ1) is 15.9. The molecule has 124 valence electrons. The maximum Gasteiger partial charge on any atom is 0.416 e. The highest BCUT2D eigenvalue weighted by Crippen LogP contribution is 2.29. The number of hydrogen-bond donors (Lipinski definition) is 2. The van der Waals surface area contributed by atoms with E-state index in [0.717, 1.165) is 17.8 Å². The summed E-state index contributed by atoms with van der Waals surface area (Å²) in [5.74, 6) is 0.400. The molecule has 1 heterocycles. The van der Waals surface area contributed by atoms with Crippen molar-refractivity contribution in [1.82, 2.24) is 14.8 Å². The monoisotopic (exact) mass is 333 g/mol. The molecule has 0 saturated heterocycles. The highest BCUT2D eigenvalue weighted by molar-refractivity contribution is 5.54. The lowest BCUT2D eigenvalue weighted by atomic mass is 10.1. The van der Waals surface area contributed by atoms with Gasteiger partial charge in [0.25, 0.3) is 0 Å². The zero-order valence-electron chi connectivity index (χ0n) is 12.5. The molecule has 0 aliphatic heterocycles. The van der Waals surface area contributed by atoms with Crippen LogP contribution in [0.1, 0.15) is 11.1 Å². The van der Waals surface area contributed by atoms with E-state index in [4.69, 9.17) is 5.73 Å². The molecule has 0 aliphatic carbocycles. The van der Waals surface area contributed by atoms with E-state index in [1.807, 2.05) is 30.3 Å². The SMILES string of the molecule is Nc1nc(Nc2ccccc2)n(Cc2cccc(C(F)(F)F)c2)n1. The standard InChI is InChI=1S/C16H14F3N5/c17-16(18,19)12-6-4-5-11(9-12)10-24-15(22-14(20)23-24)21-13-7-2-1-3-8-13/h1-9H,10H2,(H3,20,21,22,23). The van der Waals surface area contributed by atoms with Crippen molar-refractivity contribution >= 4 is 17.6 Å². The lowest BCUT2D eigenvalue weighted by molar-refractivity contribution is -0.137. The van der Waals surface area contributed by atoms with Crippen LogP contribution in [0.25, 0.3) is 0 Å². The number of rotatable bonds is 4. The van der Waals surface area contributed by atoms with Crippen LogP contribution >= 0.6 is 0 Å². The minimum absolute atomic E-state index is 0.0420. The fourth-order valence-electron chi connectivity index (χ4n) is 2.23. The lowest BCUT2D eigenvalue weighted by Gasteiger charge is -2.10. The van der Waals surface area contributed by atoms with Crippen LogP contribution in [0.3, 0.4) is 0 Å². The maximum absolute atomic E-state index is 12.8. The fraction of sp³-hybridized carbons (Fsp3) is 0.125. The van der Waals surface area contributed by atoms with Crippen molar-refractivity contribution in [2.45, 2.75) is 12.7 Å². The Morgan fingerprint density at radius 1 is 1.04 bits per heavy atom. The average Bonchev–Trinajstić information content (AvgIpc) is 2.87. The predicted molar refractivity (Wildman–Crippen MR) is 84.7 cm³/mol. The van der Waals surface area contributed by atoms with Crippen LogP contribution in [-0.4, -0.2) is 14.8 Å². The van der Waals surface area contributed by atoms with Gasteiger partial charge in [-0.05, 0) is 29.8 Å². The third kappa shape index (κ3) is 3.65. The van der Waals surface area contributed by atoms with E-state index < -0.39 is 11.7 Å². The molecule has 3 N–H and O–H groups in total. The minimum atomic E-state index is -4.39. The summed E-state index contributed by atoms with van der Waals surface area (Å²) in [5, 5.41) is 7.08. The Labute approximate surface area is 135 Å². The van der Waals surface area contributed by atoms with E-state index in [9.17, 15) is 13.2 Å². The largest absolute Gasteiger partial charge is 0.416 e. The molecule has 3 rings (SSSR count). The molecule has 5 nitrogen and oxygen atoms in total. The van der Waals surface area contributed by atoms with E-state index in [2.05, 4.69) is 15.4 Å². The van der Waals surface area contributed by atoms with E-state index in [1.54, 1.807) is 6.07 Å². The molecule has 0 saturated carbocycles. The molecule has 0 atom stereocenters. The quantitative estimate of drug-likeness (QED) is 0.764. The number of anilines is 3. The Kier molecular flexibility index (Phi) is 4.11. The molecule has 0 amide bonds. The van der Waals surface area contributed by atoms with E-state index in [0.29, 0.717) is 11.5 Å². The zero-order valence-corrected chi connectivity index (χ0v) is 12.5. The number of para-hydroxylation sites is 1. The molecule has 0 bridgehead atoms. The van der Waals surface area contributed by atoms with Gasteiger partial charge in [0.05, 0.1) is 12.1 Å². The summed E-state index contributed by atoms with van der Waals surface area (Å²) in [6.07, 6.45) is -4.39. The van der Waals surface area contributed by atoms with Crippen LogP contribution in [0.2, 0.25) is 0 Å². The van der Waals surface area contributed by atoms with Crippen molar-refractivity contribution in [1.29, 1.82) is 0 Å². The molecule has 0 spiro atoms. The maximum atomic E-state index is 12.8. The van der Waals surface area contributed by atoms with Crippen molar-refractivity contribution in [3.8, 4) is 0 Å². The highest BCUT2D eigenvalue weighted by Gasteiger charge is 2.30. The van der Waals surface area contributed by atoms with E-state index in [1.165, 1.54) is 10.7 Å². The van der Waals surface area contributed by atoms with Crippen molar-refractivity contribution in [2.24, 2.45) is 0 Å². The van der Waals surface area contributed by atoms with Gasteiger partial charge in [-0.15, -0.1) is 5.10 Å². The molecule has 0 fully saturated rings. The van der Waals surface area contributed by atoms with Crippen LogP contribution < -0.4 is 11.1 Å². The number of nitrogens with one attached hydrogen (secondary N) is 1. The van der Waals surface area contributed by atoms with Crippen LogP contribution in [0, 0.1) is 0 Å². The van der Waals surface area contributed by atoms with Crippen molar-refractivity contribution in [2.75, 3.05) is 11.1 Å². The Morgan fingerprint density at radius 3 is 2.50 bits per heavy atom. The summed E-state index contributed by atoms with van der Waals surface area (Å²) in [5.41, 5.74) is 6.14. The summed E-state index contributed by atoms with van der Waals surface area (Å²) in [7, 11) is 0. The second-order valence-electron chi connectivity index (χ2n) is 5.14.